The third-order valence-corrected chi connectivity index (χ3v) is 4.49. The number of aryl methyl sites for hydroxylation is 2. The largest absolute Gasteiger partial charge is 0.328 e. The van der Waals surface area contributed by atoms with Crippen LogP contribution in [0.3, 0.4) is 0 Å². The van der Waals surface area contributed by atoms with E-state index in [0.29, 0.717) is 12.2 Å². The van der Waals surface area contributed by atoms with Crippen LogP contribution in [0.4, 0.5) is 0 Å². The molecule has 4 nitrogen and oxygen atoms in total. The molecule has 1 N–H and O–H groups in total. The highest BCUT2D eigenvalue weighted by atomic mass is 16.2. The number of hydrogen-bond donors (Lipinski definition) is 1. The van der Waals surface area contributed by atoms with Crippen molar-refractivity contribution in [3.8, 4) is 0 Å². The molecule has 1 fully saturated rings. The first-order valence-electron chi connectivity index (χ1n) is 8.23. The van der Waals surface area contributed by atoms with Gasteiger partial charge >= 0.3 is 0 Å². The van der Waals surface area contributed by atoms with Crippen LogP contribution < -0.4 is 5.32 Å². The number of carbonyl (C=O) groups excluding carboxylic acids is 1. The van der Waals surface area contributed by atoms with Gasteiger partial charge in [-0.3, -0.25) is 9.78 Å². The van der Waals surface area contributed by atoms with Crippen molar-refractivity contribution in [2.24, 2.45) is 0 Å². The lowest BCUT2D eigenvalue weighted by molar-refractivity contribution is 0.0627. The Balaban J connectivity index is 1.89. The Morgan fingerprint density at radius 3 is 2.78 bits per heavy atom. The molecule has 1 unspecified atom stereocenters. The van der Waals surface area contributed by atoms with Crippen LogP contribution in [0.25, 0.3) is 0 Å². The summed E-state index contributed by atoms with van der Waals surface area (Å²) in [6.45, 7) is 6.39. The number of hydrogen-bond acceptors (Lipinski definition) is 3. The second-order valence-corrected chi connectivity index (χ2v) is 5.98. The molecule has 4 heteroatoms. The molecule has 1 aliphatic rings. The van der Waals surface area contributed by atoms with Crippen molar-refractivity contribution in [2.45, 2.75) is 26.3 Å². The van der Waals surface area contributed by atoms with E-state index in [0.717, 1.165) is 25.1 Å². The van der Waals surface area contributed by atoms with Crippen LogP contribution in [0.2, 0.25) is 0 Å². The maximum atomic E-state index is 13.0. The van der Waals surface area contributed by atoms with Gasteiger partial charge in [-0.05, 0) is 36.1 Å². The fourth-order valence-corrected chi connectivity index (χ4v) is 3.07. The monoisotopic (exact) mass is 309 g/mol. The number of carbonyl (C=O) groups is 1. The number of pyridine rings is 1. The third-order valence-electron chi connectivity index (χ3n) is 4.49. The molecule has 1 atom stereocenters. The molecule has 3 rings (SSSR count). The van der Waals surface area contributed by atoms with E-state index in [1.165, 1.54) is 11.1 Å². The molecule has 1 saturated heterocycles. The van der Waals surface area contributed by atoms with Crippen molar-refractivity contribution in [1.29, 1.82) is 0 Å². The highest BCUT2D eigenvalue weighted by Crippen LogP contribution is 2.25. The predicted octanol–water partition coefficient (Wildman–Crippen LogP) is 2.74. The second-order valence-electron chi connectivity index (χ2n) is 5.98. The molecule has 120 valence electrons. The lowest BCUT2D eigenvalue weighted by Crippen LogP contribution is -2.49. The number of benzene rings is 1. The number of nitrogens with zero attached hydrogens (tertiary/aromatic N) is 2. The summed E-state index contributed by atoms with van der Waals surface area (Å²) in [5, 5.41) is 3.40. The zero-order chi connectivity index (χ0) is 16.2. The fraction of sp³-hybridized carbons (Fsp3) is 0.368. The summed E-state index contributed by atoms with van der Waals surface area (Å²) in [7, 11) is 0. The van der Waals surface area contributed by atoms with Gasteiger partial charge < -0.3 is 10.2 Å². The molecule has 1 amide bonds. The molecule has 1 aliphatic heterocycles. The van der Waals surface area contributed by atoms with Gasteiger partial charge in [0, 0.05) is 25.8 Å². The molecule has 0 aliphatic carbocycles. The Hall–Kier alpha value is -2.20. The van der Waals surface area contributed by atoms with E-state index in [2.05, 4.69) is 41.5 Å². The van der Waals surface area contributed by atoms with Gasteiger partial charge in [0.25, 0.3) is 5.91 Å². The van der Waals surface area contributed by atoms with E-state index >= 15 is 0 Å². The van der Waals surface area contributed by atoms with Crippen molar-refractivity contribution < 1.29 is 4.79 Å². The molecule has 23 heavy (non-hydrogen) atoms. The average molecular weight is 309 g/mol. The van der Waals surface area contributed by atoms with Gasteiger partial charge in [0.2, 0.25) is 0 Å². The van der Waals surface area contributed by atoms with E-state index in [1.54, 1.807) is 6.20 Å². The lowest BCUT2D eigenvalue weighted by Gasteiger charge is -2.36. The number of piperazine rings is 1. The van der Waals surface area contributed by atoms with Crippen LogP contribution in [0.1, 0.15) is 40.1 Å². The Kier molecular flexibility index (Phi) is 4.72. The van der Waals surface area contributed by atoms with Crippen LogP contribution in [0, 0.1) is 6.92 Å². The molecule has 2 heterocycles. The minimum atomic E-state index is 0.0224. The Bertz CT molecular complexity index is 681. The summed E-state index contributed by atoms with van der Waals surface area (Å²) in [5.41, 5.74) is 3.98. The van der Waals surface area contributed by atoms with E-state index < -0.39 is 0 Å². The van der Waals surface area contributed by atoms with Gasteiger partial charge in [-0.2, -0.15) is 0 Å². The molecule has 0 radical (unpaired) electrons. The van der Waals surface area contributed by atoms with Crippen LogP contribution >= 0.6 is 0 Å². The molecule has 0 bridgehead atoms. The van der Waals surface area contributed by atoms with Crippen LogP contribution in [0.15, 0.2) is 42.6 Å². The zero-order valence-electron chi connectivity index (χ0n) is 13.7. The van der Waals surface area contributed by atoms with Gasteiger partial charge in [0.15, 0.2) is 0 Å². The predicted molar refractivity (Wildman–Crippen MR) is 91.4 cm³/mol. The van der Waals surface area contributed by atoms with E-state index in [-0.39, 0.29) is 11.9 Å². The summed E-state index contributed by atoms with van der Waals surface area (Å²) in [6, 6.07) is 12.4. The van der Waals surface area contributed by atoms with Crippen LogP contribution in [0.5, 0.6) is 0 Å². The number of aromatic nitrogens is 1. The van der Waals surface area contributed by atoms with Crippen LogP contribution in [-0.4, -0.2) is 35.4 Å². The molecule has 0 spiro atoms. The maximum absolute atomic E-state index is 13.0. The van der Waals surface area contributed by atoms with Crippen LogP contribution in [-0.2, 0) is 6.42 Å². The first-order valence-corrected chi connectivity index (χ1v) is 8.23. The fourth-order valence-electron chi connectivity index (χ4n) is 3.07. The smallest absolute Gasteiger partial charge is 0.273 e. The SMILES string of the molecule is CCc1ccc(C2CNCCN2C(=O)c2ncccc2C)cc1. The summed E-state index contributed by atoms with van der Waals surface area (Å²) >= 11 is 0. The average Bonchev–Trinajstić information content (AvgIpc) is 2.62. The van der Waals surface area contributed by atoms with Crippen molar-refractivity contribution in [3.05, 3.63) is 65.0 Å². The first kappa shape index (κ1) is 15.7. The Morgan fingerprint density at radius 1 is 1.30 bits per heavy atom. The van der Waals surface area contributed by atoms with Gasteiger partial charge in [0.05, 0.1) is 6.04 Å². The van der Waals surface area contributed by atoms with E-state index in [1.807, 2.05) is 24.0 Å². The Labute approximate surface area is 137 Å². The van der Waals surface area contributed by atoms with Gasteiger partial charge in [0.1, 0.15) is 5.69 Å². The minimum Gasteiger partial charge on any atom is -0.328 e. The second kappa shape index (κ2) is 6.92. The van der Waals surface area contributed by atoms with E-state index in [9.17, 15) is 4.79 Å². The van der Waals surface area contributed by atoms with Crippen molar-refractivity contribution in [3.63, 3.8) is 0 Å². The summed E-state index contributed by atoms with van der Waals surface area (Å²) < 4.78 is 0. The highest BCUT2D eigenvalue weighted by molar-refractivity contribution is 5.94. The number of rotatable bonds is 3. The van der Waals surface area contributed by atoms with Crippen molar-refractivity contribution in [2.75, 3.05) is 19.6 Å². The van der Waals surface area contributed by atoms with Crippen molar-refractivity contribution >= 4 is 5.91 Å². The maximum Gasteiger partial charge on any atom is 0.273 e. The van der Waals surface area contributed by atoms with E-state index in [4.69, 9.17) is 0 Å². The highest BCUT2D eigenvalue weighted by Gasteiger charge is 2.29. The summed E-state index contributed by atoms with van der Waals surface area (Å²) in [6.07, 6.45) is 2.71. The molecule has 0 saturated carbocycles. The quantitative estimate of drug-likeness (QED) is 0.948. The molecule has 1 aromatic heterocycles. The number of nitrogens with one attached hydrogen (secondary N) is 1. The first-order chi connectivity index (χ1) is 11.2. The van der Waals surface area contributed by atoms with Gasteiger partial charge in [-0.15, -0.1) is 0 Å². The molecule has 1 aromatic carbocycles. The van der Waals surface area contributed by atoms with Gasteiger partial charge in [-0.25, -0.2) is 0 Å². The normalized spacial score (nSPS) is 18.0. The Morgan fingerprint density at radius 2 is 2.09 bits per heavy atom. The molecule has 2 aromatic rings. The summed E-state index contributed by atoms with van der Waals surface area (Å²) in [4.78, 5) is 19.2. The zero-order valence-corrected chi connectivity index (χ0v) is 13.7. The lowest BCUT2D eigenvalue weighted by atomic mass is 10.00. The standard InChI is InChI=1S/C19H23N3O/c1-3-15-6-8-16(9-7-15)17-13-20-11-12-22(17)19(23)18-14(2)5-4-10-21-18/h4-10,17,20H,3,11-13H2,1-2H3. The van der Waals surface area contributed by atoms with Crippen molar-refractivity contribution in [1.82, 2.24) is 15.2 Å². The topological polar surface area (TPSA) is 45.2 Å². The number of amides is 1. The minimum absolute atomic E-state index is 0.0224. The van der Waals surface area contributed by atoms with Gasteiger partial charge in [-0.1, -0.05) is 37.3 Å². The molecular formula is C19H23N3O. The summed E-state index contributed by atoms with van der Waals surface area (Å²) in [5.74, 6) is 0.0224. The third kappa shape index (κ3) is 3.27. The molecular weight excluding hydrogens is 286 g/mol.